The number of hydrogen-bond acceptors (Lipinski definition) is 11. The van der Waals surface area contributed by atoms with E-state index in [2.05, 4.69) is 27.6 Å². The number of hydrogen-bond donors (Lipinski definition) is 4. The number of aldehydes is 1. The van der Waals surface area contributed by atoms with Crippen LogP contribution in [0.4, 0.5) is 5.69 Å². The van der Waals surface area contributed by atoms with Gasteiger partial charge in [0.15, 0.2) is 0 Å². The van der Waals surface area contributed by atoms with E-state index in [9.17, 15) is 14.4 Å². The molecule has 12 nitrogen and oxygen atoms in total. The fourth-order valence-corrected chi connectivity index (χ4v) is 5.99. The summed E-state index contributed by atoms with van der Waals surface area (Å²) in [5.41, 5.74) is 9.93. The molecule has 0 bridgehead atoms. The lowest BCUT2D eigenvalue weighted by Crippen LogP contribution is -2.51. The van der Waals surface area contributed by atoms with Gasteiger partial charge < -0.3 is 26.4 Å². The normalized spacial score (nSPS) is 20.0. The van der Waals surface area contributed by atoms with Gasteiger partial charge in [-0.1, -0.05) is 30.0 Å². The Labute approximate surface area is 282 Å². The highest BCUT2D eigenvalue weighted by Crippen LogP contribution is 2.24. The van der Waals surface area contributed by atoms with Crippen LogP contribution >= 0.6 is 0 Å². The molecule has 2 amide bonds. The summed E-state index contributed by atoms with van der Waals surface area (Å²) in [6.45, 7) is 2.42. The maximum Gasteiger partial charge on any atom is 0.243 e. The molecule has 4 rings (SSSR count). The van der Waals surface area contributed by atoms with E-state index in [4.69, 9.17) is 26.0 Å². The molecule has 1 saturated heterocycles. The lowest BCUT2D eigenvalue weighted by atomic mass is 9.91. The molecule has 2 aromatic carbocycles. The second-order valence-corrected chi connectivity index (χ2v) is 12.1. The number of nitrogens with two attached hydrogens (primary N) is 2. The summed E-state index contributed by atoms with van der Waals surface area (Å²) in [6, 6.07) is 11.1. The second-order valence-electron chi connectivity index (χ2n) is 12.1. The minimum Gasteiger partial charge on any atom is -0.495 e. The zero-order chi connectivity index (χ0) is 34.3. The number of aliphatic imine (C=N–C) groups is 1. The highest BCUT2D eigenvalue weighted by Gasteiger charge is 2.30. The Balaban J connectivity index is 1.12. The van der Waals surface area contributed by atoms with Crippen LogP contribution in [0.15, 0.2) is 46.5 Å². The third-order valence-corrected chi connectivity index (χ3v) is 8.75. The number of anilines is 1. The van der Waals surface area contributed by atoms with Gasteiger partial charge in [-0.25, -0.2) is 0 Å². The van der Waals surface area contributed by atoms with Gasteiger partial charge in [0.2, 0.25) is 11.8 Å². The molecule has 2 fully saturated rings. The highest BCUT2D eigenvalue weighted by molar-refractivity contribution is 6.38. The molecule has 0 aromatic heterocycles. The summed E-state index contributed by atoms with van der Waals surface area (Å²) in [7, 11) is 3.39. The predicted molar refractivity (Wildman–Crippen MR) is 187 cm³/mol. The number of amides is 2. The first-order chi connectivity index (χ1) is 23.3. The Morgan fingerprint density at radius 1 is 1.15 bits per heavy atom. The van der Waals surface area contributed by atoms with E-state index in [1.807, 2.05) is 30.1 Å². The van der Waals surface area contributed by atoms with E-state index in [1.165, 1.54) is 0 Å². The number of nitrogens with zero attached hydrogens (tertiary/aromatic N) is 3. The average molecular weight is 658 g/mol. The number of benzene rings is 2. The minimum atomic E-state index is -0.432. The van der Waals surface area contributed by atoms with Crippen LogP contribution < -0.4 is 26.9 Å². The lowest BCUT2D eigenvalue weighted by molar-refractivity contribution is -0.137. The second kappa shape index (κ2) is 18.7. The van der Waals surface area contributed by atoms with Gasteiger partial charge in [-0.2, -0.15) is 5.10 Å². The zero-order valence-corrected chi connectivity index (χ0v) is 27.9. The summed E-state index contributed by atoms with van der Waals surface area (Å²) >= 11 is 0. The number of imide groups is 1. The molecule has 12 heteroatoms. The summed E-state index contributed by atoms with van der Waals surface area (Å²) in [6.07, 6.45) is 8.88. The molecular formula is C36H47N7O5. The topological polar surface area (TPSA) is 174 Å². The maximum absolute atomic E-state index is 12.3. The Kier molecular flexibility index (Phi) is 14.1. The summed E-state index contributed by atoms with van der Waals surface area (Å²) < 4.78 is 11.1. The summed E-state index contributed by atoms with van der Waals surface area (Å²) in [5, 5.41) is 9.94. The average Bonchev–Trinajstić information content (AvgIpc) is 3.09. The SMILES string of the molecule is COc1cc(/C(C=NC2CCC(NCCCOCCC#Cc3cccc(C=O)c3CN(C)C3CCC(=O)NC3=O)CC2)=N/N)ccc1N. The van der Waals surface area contributed by atoms with Crippen LogP contribution in [-0.2, 0) is 20.9 Å². The van der Waals surface area contributed by atoms with Crippen molar-refractivity contribution in [2.45, 2.75) is 76.0 Å². The molecule has 256 valence electrons. The van der Waals surface area contributed by atoms with Gasteiger partial charge in [-0.05, 0) is 75.9 Å². The molecule has 48 heavy (non-hydrogen) atoms. The van der Waals surface area contributed by atoms with Gasteiger partial charge in [-0.3, -0.25) is 29.6 Å². The first kappa shape index (κ1) is 36.3. The monoisotopic (exact) mass is 657 g/mol. The van der Waals surface area contributed by atoms with Crippen LogP contribution in [0.25, 0.3) is 0 Å². The van der Waals surface area contributed by atoms with Crippen molar-refractivity contribution >= 4 is 35.7 Å². The standard InChI is InChI=1S/C36H47N7O5/c1-43(33-16-17-35(45)41-36(33)46)23-30-25(8-5-9-27(30)24-44)7-3-4-19-48-20-6-18-39-28-11-13-29(14-12-28)40-22-32(42-38)26-10-15-31(37)34(21-26)47-2/h5,8-10,15,21-22,24,28-29,33,39H,4,6,11-14,16-20,23,37-38H2,1-2H3,(H,41,45,46)/b40-22?,42-32+. The van der Waals surface area contributed by atoms with Crippen molar-refractivity contribution in [2.75, 3.05) is 39.6 Å². The number of methoxy groups -OCH3 is 1. The highest BCUT2D eigenvalue weighted by atomic mass is 16.5. The Bertz CT molecular complexity index is 1540. The number of piperidine rings is 1. The fraction of sp³-hybridized carbons (Fsp3) is 0.472. The van der Waals surface area contributed by atoms with Crippen molar-refractivity contribution in [3.63, 3.8) is 0 Å². The number of carbonyl (C=O) groups excluding carboxylic acids is 3. The molecule has 1 heterocycles. The van der Waals surface area contributed by atoms with Crippen LogP contribution in [0.5, 0.6) is 5.75 Å². The van der Waals surface area contributed by atoms with Crippen LogP contribution in [-0.4, -0.2) is 87.0 Å². The molecule has 1 aliphatic heterocycles. The van der Waals surface area contributed by atoms with Crippen molar-refractivity contribution in [1.82, 2.24) is 15.5 Å². The molecule has 0 radical (unpaired) electrons. The fourth-order valence-electron chi connectivity index (χ4n) is 5.99. The molecule has 2 aliphatic rings. The number of hydrazone groups is 1. The van der Waals surface area contributed by atoms with Gasteiger partial charge in [0, 0.05) is 54.9 Å². The quantitative estimate of drug-likeness (QED) is 0.0328. The number of nitrogens with one attached hydrogen (secondary N) is 2. The maximum atomic E-state index is 12.3. The van der Waals surface area contributed by atoms with Crippen molar-refractivity contribution in [3.8, 4) is 17.6 Å². The summed E-state index contributed by atoms with van der Waals surface area (Å²) in [5.74, 6) is 12.0. The number of ether oxygens (including phenoxy) is 2. The third kappa shape index (κ3) is 10.5. The van der Waals surface area contributed by atoms with Crippen LogP contribution in [0, 0.1) is 11.8 Å². The molecule has 2 aromatic rings. The Morgan fingerprint density at radius 3 is 2.69 bits per heavy atom. The largest absolute Gasteiger partial charge is 0.495 e. The smallest absolute Gasteiger partial charge is 0.243 e. The number of carbonyl (C=O) groups is 3. The molecule has 0 spiro atoms. The number of likely N-dealkylation sites (N-methyl/N-ethyl adjacent to an activating group) is 1. The Hall–Kier alpha value is -4.57. The molecule has 1 atom stereocenters. The zero-order valence-electron chi connectivity index (χ0n) is 27.9. The van der Waals surface area contributed by atoms with Crippen LogP contribution in [0.3, 0.4) is 0 Å². The first-order valence-corrected chi connectivity index (χ1v) is 16.5. The van der Waals surface area contributed by atoms with Gasteiger partial charge in [0.1, 0.15) is 17.7 Å². The third-order valence-electron chi connectivity index (χ3n) is 8.75. The van der Waals surface area contributed by atoms with E-state index in [-0.39, 0.29) is 17.9 Å². The number of rotatable bonds is 15. The van der Waals surface area contributed by atoms with Crippen molar-refractivity contribution < 1.29 is 23.9 Å². The van der Waals surface area contributed by atoms with E-state index in [1.54, 1.807) is 31.5 Å². The molecule has 1 unspecified atom stereocenters. The van der Waals surface area contributed by atoms with Crippen LogP contribution in [0.1, 0.15) is 78.4 Å². The van der Waals surface area contributed by atoms with E-state index >= 15 is 0 Å². The van der Waals surface area contributed by atoms with E-state index in [0.717, 1.165) is 61.6 Å². The molecule has 1 aliphatic carbocycles. The van der Waals surface area contributed by atoms with Crippen molar-refractivity contribution in [3.05, 3.63) is 58.7 Å². The van der Waals surface area contributed by atoms with E-state index in [0.29, 0.717) is 67.8 Å². The van der Waals surface area contributed by atoms with Crippen molar-refractivity contribution in [1.29, 1.82) is 0 Å². The first-order valence-electron chi connectivity index (χ1n) is 16.5. The van der Waals surface area contributed by atoms with Gasteiger partial charge >= 0.3 is 0 Å². The molecule has 6 N–H and O–H groups in total. The van der Waals surface area contributed by atoms with E-state index < -0.39 is 6.04 Å². The van der Waals surface area contributed by atoms with Gasteiger partial charge in [0.25, 0.3) is 0 Å². The van der Waals surface area contributed by atoms with Crippen molar-refractivity contribution in [2.24, 2.45) is 15.9 Å². The van der Waals surface area contributed by atoms with Gasteiger partial charge in [-0.15, -0.1) is 0 Å². The molecular weight excluding hydrogens is 610 g/mol. The van der Waals surface area contributed by atoms with Gasteiger partial charge in [0.05, 0.1) is 31.5 Å². The minimum absolute atomic E-state index is 0.239. The summed E-state index contributed by atoms with van der Waals surface area (Å²) in [4.78, 5) is 42.2. The molecule has 1 saturated carbocycles. The lowest BCUT2D eigenvalue weighted by Gasteiger charge is -2.30. The Morgan fingerprint density at radius 2 is 1.96 bits per heavy atom. The number of nitrogen functional groups attached to an aromatic ring is 1. The van der Waals surface area contributed by atoms with Crippen LogP contribution in [0.2, 0.25) is 0 Å². The predicted octanol–water partition coefficient (Wildman–Crippen LogP) is 2.81.